The van der Waals surface area contributed by atoms with Crippen molar-refractivity contribution in [2.45, 2.75) is 17.7 Å². The van der Waals surface area contributed by atoms with Crippen molar-refractivity contribution in [2.24, 2.45) is 5.92 Å². The van der Waals surface area contributed by atoms with Crippen LogP contribution in [-0.2, 0) is 14.8 Å². The van der Waals surface area contributed by atoms with Crippen LogP contribution in [0.4, 0.5) is 5.69 Å². The molecule has 0 radical (unpaired) electrons. The number of ether oxygens (including phenoxy) is 2. The van der Waals surface area contributed by atoms with Crippen molar-refractivity contribution in [2.75, 3.05) is 32.6 Å². The average molecular weight is 439 g/mol. The van der Waals surface area contributed by atoms with E-state index in [0.717, 1.165) is 0 Å². The van der Waals surface area contributed by atoms with Gasteiger partial charge in [-0.1, -0.05) is 23.7 Å². The maximum absolute atomic E-state index is 12.9. The number of halogens is 1. The van der Waals surface area contributed by atoms with Crippen LogP contribution in [0.5, 0.6) is 11.5 Å². The Morgan fingerprint density at radius 2 is 1.72 bits per heavy atom. The summed E-state index contributed by atoms with van der Waals surface area (Å²) in [6, 6.07) is 11.6. The molecule has 0 bridgehead atoms. The zero-order chi connectivity index (χ0) is 21.0. The second-order valence-corrected chi connectivity index (χ2v) is 9.01. The minimum atomic E-state index is -3.69. The molecule has 0 saturated carbocycles. The van der Waals surface area contributed by atoms with Gasteiger partial charge >= 0.3 is 0 Å². The molecule has 1 saturated heterocycles. The highest BCUT2D eigenvalue weighted by Gasteiger charge is 2.32. The molecule has 1 N–H and O–H groups in total. The number of carbonyl (C=O) groups excluding carboxylic acids is 1. The van der Waals surface area contributed by atoms with Crippen LogP contribution >= 0.6 is 11.6 Å². The summed E-state index contributed by atoms with van der Waals surface area (Å²) in [4.78, 5) is 12.7. The molecule has 2 aromatic carbocycles. The van der Waals surface area contributed by atoms with E-state index in [1.807, 2.05) is 12.1 Å². The van der Waals surface area contributed by atoms with Gasteiger partial charge in [-0.3, -0.25) is 4.79 Å². The molecule has 29 heavy (non-hydrogen) atoms. The van der Waals surface area contributed by atoms with Crippen LogP contribution in [-0.4, -0.2) is 45.9 Å². The molecule has 9 heteroatoms. The molecule has 7 nitrogen and oxygen atoms in total. The molecule has 2 aromatic rings. The first-order chi connectivity index (χ1) is 13.9. The number of nitrogens with zero attached hydrogens (tertiary/aromatic N) is 1. The monoisotopic (exact) mass is 438 g/mol. The number of anilines is 1. The van der Waals surface area contributed by atoms with Gasteiger partial charge in [0.05, 0.1) is 29.8 Å². The normalized spacial score (nSPS) is 15.7. The molecule has 1 aliphatic rings. The molecule has 3 rings (SSSR count). The minimum Gasteiger partial charge on any atom is -0.495 e. The van der Waals surface area contributed by atoms with Crippen LogP contribution in [0.2, 0.25) is 5.02 Å². The molecular formula is C20H23ClN2O5S. The molecule has 0 atom stereocenters. The van der Waals surface area contributed by atoms with E-state index in [4.69, 9.17) is 21.1 Å². The highest BCUT2D eigenvalue weighted by Crippen LogP contribution is 2.31. The molecule has 0 spiro atoms. The number of hydrogen-bond acceptors (Lipinski definition) is 5. The number of piperidine rings is 1. The molecule has 1 amide bonds. The Balaban J connectivity index is 1.65. The number of nitrogens with one attached hydrogen (secondary N) is 1. The molecule has 0 aromatic heterocycles. The van der Waals surface area contributed by atoms with Crippen LogP contribution < -0.4 is 14.8 Å². The van der Waals surface area contributed by atoms with Crippen molar-refractivity contribution in [3.63, 3.8) is 0 Å². The number of sulfonamides is 1. The fourth-order valence-electron chi connectivity index (χ4n) is 3.30. The molecule has 0 unspecified atom stereocenters. The fourth-order valence-corrected chi connectivity index (χ4v) is 5.12. The number of rotatable bonds is 6. The standard InChI is InChI=1S/C20H23ClN2O5S/c1-27-18-8-7-15(13-16(18)21)29(25,26)23-11-9-14(10-12-23)20(24)22-17-5-3-4-6-19(17)28-2/h3-8,13-14H,9-12H2,1-2H3,(H,22,24). The van der Waals surface area contributed by atoms with E-state index in [2.05, 4.69) is 5.32 Å². The third-order valence-electron chi connectivity index (χ3n) is 4.95. The summed E-state index contributed by atoms with van der Waals surface area (Å²) < 4.78 is 37.5. The number of amides is 1. The fraction of sp³-hybridized carbons (Fsp3) is 0.350. The van der Waals surface area contributed by atoms with Crippen molar-refractivity contribution in [3.05, 3.63) is 47.5 Å². The van der Waals surface area contributed by atoms with Crippen LogP contribution in [0.25, 0.3) is 0 Å². The summed E-state index contributed by atoms with van der Waals surface area (Å²) in [7, 11) is -0.677. The van der Waals surface area contributed by atoms with Gasteiger partial charge in [0.2, 0.25) is 15.9 Å². The summed E-state index contributed by atoms with van der Waals surface area (Å²) in [5.41, 5.74) is 0.600. The molecule has 156 valence electrons. The number of methoxy groups -OCH3 is 2. The molecular weight excluding hydrogens is 416 g/mol. The van der Waals surface area contributed by atoms with Gasteiger partial charge in [0.15, 0.2) is 0 Å². The van der Waals surface area contributed by atoms with Crippen LogP contribution in [0.15, 0.2) is 47.4 Å². The quantitative estimate of drug-likeness (QED) is 0.747. The zero-order valence-corrected chi connectivity index (χ0v) is 17.8. The number of benzene rings is 2. The van der Waals surface area contributed by atoms with Crippen molar-refractivity contribution in [1.82, 2.24) is 4.31 Å². The second kappa shape index (κ2) is 9.02. The van der Waals surface area contributed by atoms with Crippen molar-refractivity contribution in [1.29, 1.82) is 0 Å². The molecule has 1 heterocycles. The Kier molecular flexibility index (Phi) is 6.66. The lowest BCUT2D eigenvalue weighted by atomic mass is 9.97. The van der Waals surface area contributed by atoms with Crippen molar-refractivity contribution >= 4 is 33.2 Å². The average Bonchev–Trinajstić information content (AvgIpc) is 2.74. The summed E-state index contributed by atoms with van der Waals surface area (Å²) in [6.07, 6.45) is 0.869. The van der Waals surface area contributed by atoms with Gasteiger partial charge in [0, 0.05) is 19.0 Å². The smallest absolute Gasteiger partial charge is 0.243 e. The highest BCUT2D eigenvalue weighted by molar-refractivity contribution is 7.89. The Bertz CT molecular complexity index is 988. The van der Waals surface area contributed by atoms with E-state index >= 15 is 0 Å². The Hall–Kier alpha value is -2.29. The largest absolute Gasteiger partial charge is 0.495 e. The molecule has 1 aliphatic heterocycles. The zero-order valence-electron chi connectivity index (χ0n) is 16.2. The second-order valence-electron chi connectivity index (χ2n) is 6.66. The van der Waals surface area contributed by atoms with Crippen LogP contribution in [0.3, 0.4) is 0 Å². The van der Waals surface area contributed by atoms with Crippen molar-refractivity contribution in [3.8, 4) is 11.5 Å². The summed E-state index contributed by atoms with van der Waals surface area (Å²) in [5.74, 6) is 0.583. The lowest BCUT2D eigenvalue weighted by Gasteiger charge is -2.30. The maximum atomic E-state index is 12.9. The maximum Gasteiger partial charge on any atom is 0.243 e. The van der Waals surface area contributed by atoms with Gasteiger partial charge in [0.25, 0.3) is 0 Å². The Morgan fingerprint density at radius 1 is 1.07 bits per heavy atom. The van der Waals surface area contributed by atoms with Gasteiger partial charge < -0.3 is 14.8 Å². The van der Waals surface area contributed by atoms with Gasteiger partial charge in [-0.05, 0) is 43.2 Å². The van der Waals surface area contributed by atoms with Gasteiger partial charge in [0.1, 0.15) is 11.5 Å². The first-order valence-corrected chi connectivity index (χ1v) is 11.0. The van der Waals surface area contributed by atoms with Crippen LogP contribution in [0, 0.1) is 5.92 Å². The number of hydrogen-bond donors (Lipinski definition) is 1. The first-order valence-electron chi connectivity index (χ1n) is 9.14. The lowest BCUT2D eigenvalue weighted by Crippen LogP contribution is -2.41. The Morgan fingerprint density at radius 3 is 2.34 bits per heavy atom. The Labute approximate surface area is 175 Å². The lowest BCUT2D eigenvalue weighted by molar-refractivity contribution is -0.120. The van der Waals surface area contributed by atoms with Crippen LogP contribution in [0.1, 0.15) is 12.8 Å². The van der Waals surface area contributed by atoms with E-state index < -0.39 is 10.0 Å². The third-order valence-corrected chi connectivity index (χ3v) is 7.14. The number of carbonyl (C=O) groups is 1. The van der Waals surface area contributed by atoms with E-state index in [0.29, 0.717) is 30.0 Å². The van der Waals surface area contributed by atoms with Crippen molar-refractivity contribution < 1.29 is 22.7 Å². The van der Waals surface area contributed by atoms with Gasteiger partial charge in [-0.25, -0.2) is 8.42 Å². The van der Waals surface area contributed by atoms with E-state index in [1.165, 1.54) is 29.6 Å². The first kappa shape index (κ1) is 21.4. The van der Waals surface area contributed by atoms with E-state index in [-0.39, 0.29) is 34.8 Å². The van der Waals surface area contributed by atoms with Gasteiger partial charge in [-0.15, -0.1) is 0 Å². The number of para-hydroxylation sites is 2. The predicted molar refractivity (Wildman–Crippen MR) is 111 cm³/mol. The SMILES string of the molecule is COc1ccc(S(=O)(=O)N2CCC(C(=O)Nc3ccccc3OC)CC2)cc1Cl. The highest BCUT2D eigenvalue weighted by atomic mass is 35.5. The summed E-state index contributed by atoms with van der Waals surface area (Å²) >= 11 is 6.07. The minimum absolute atomic E-state index is 0.111. The predicted octanol–water partition coefficient (Wildman–Crippen LogP) is 3.40. The third kappa shape index (κ3) is 4.66. The molecule has 0 aliphatic carbocycles. The topological polar surface area (TPSA) is 84.9 Å². The summed E-state index contributed by atoms with van der Waals surface area (Å²) in [6.45, 7) is 0.520. The van der Waals surface area contributed by atoms with Gasteiger partial charge in [-0.2, -0.15) is 4.31 Å². The summed E-state index contributed by atoms with van der Waals surface area (Å²) in [5, 5.41) is 3.11. The van der Waals surface area contributed by atoms with E-state index in [9.17, 15) is 13.2 Å². The molecule has 1 fully saturated rings. The van der Waals surface area contributed by atoms with E-state index in [1.54, 1.807) is 19.2 Å².